The second-order valence-corrected chi connectivity index (χ2v) is 6.98. The lowest BCUT2D eigenvalue weighted by Gasteiger charge is -2.34. The van der Waals surface area contributed by atoms with Crippen molar-refractivity contribution in [2.24, 2.45) is 0 Å². The topological polar surface area (TPSA) is 59.1 Å². The molecular formula is C23H26N2O4. The average Bonchev–Trinajstić information content (AvgIpc) is 2.77. The summed E-state index contributed by atoms with van der Waals surface area (Å²) in [5.41, 5.74) is 2.94. The number of esters is 2. The molecule has 29 heavy (non-hydrogen) atoms. The number of likely N-dealkylation sites (N-methyl/N-ethyl adjacent to an activating group) is 1. The number of nitrogens with zero attached hydrogens (tertiary/aromatic N) is 2. The molecule has 0 atom stereocenters. The SMILES string of the molecule is COC(=O)/C=C/c1ccc(N2CCN(C)CC2)cc1C(=O)OCc1ccccc1. The molecule has 1 saturated heterocycles. The number of methoxy groups -OCH3 is 1. The fourth-order valence-corrected chi connectivity index (χ4v) is 3.15. The Hall–Kier alpha value is -3.12. The zero-order chi connectivity index (χ0) is 20.6. The van der Waals surface area contributed by atoms with Crippen molar-refractivity contribution < 1.29 is 19.1 Å². The Kier molecular flexibility index (Phi) is 7.03. The summed E-state index contributed by atoms with van der Waals surface area (Å²) in [6.45, 7) is 3.92. The summed E-state index contributed by atoms with van der Waals surface area (Å²) in [5, 5.41) is 0. The predicted molar refractivity (Wildman–Crippen MR) is 113 cm³/mol. The summed E-state index contributed by atoms with van der Waals surface area (Å²) in [4.78, 5) is 28.9. The second-order valence-electron chi connectivity index (χ2n) is 6.98. The Balaban J connectivity index is 1.83. The standard InChI is InChI=1S/C23H26N2O4/c1-24-12-14-25(15-13-24)20-10-8-19(9-11-22(26)28-2)21(16-20)23(27)29-17-18-6-4-3-5-7-18/h3-11,16H,12-15,17H2,1-2H3/b11-9+. The third-order valence-corrected chi connectivity index (χ3v) is 4.94. The molecule has 0 spiro atoms. The van der Waals surface area contributed by atoms with Crippen LogP contribution in [-0.2, 0) is 20.9 Å². The maximum Gasteiger partial charge on any atom is 0.339 e. The molecule has 0 amide bonds. The Morgan fingerprint density at radius 1 is 1.03 bits per heavy atom. The van der Waals surface area contributed by atoms with Gasteiger partial charge in [-0.15, -0.1) is 0 Å². The Morgan fingerprint density at radius 3 is 2.45 bits per heavy atom. The van der Waals surface area contributed by atoms with Crippen LogP contribution in [-0.4, -0.2) is 57.2 Å². The molecule has 0 N–H and O–H groups in total. The lowest BCUT2D eigenvalue weighted by atomic mass is 10.0. The highest BCUT2D eigenvalue weighted by molar-refractivity contribution is 5.97. The summed E-state index contributed by atoms with van der Waals surface area (Å²) >= 11 is 0. The van der Waals surface area contributed by atoms with Crippen LogP contribution >= 0.6 is 0 Å². The number of anilines is 1. The van der Waals surface area contributed by atoms with E-state index >= 15 is 0 Å². The van der Waals surface area contributed by atoms with E-state index in [9.17, 15) is 9.59 Å². The maximum atomic E-state index is 12.8. The molecule has 6 nitrogen and oxygen atoms in total. The van der Waals surface area contributed by atoms with E-state index in [1.165, 1.54) is 13.2 Å². The highest BCUT2D eigenvalue weighted by Crippen LogP contribution is 2.23. The molecule has 2 aromatic rings. The largest absolute Gasteiger partial charge is 0.466 e. The predicted octanol–water partition coefficient (Wildman–Crippen LogP) is 2.98. The number of piperazine rings is 1. The van der Waals surface area contributed by atoms with E-state index in [1.54, 1.807) is 6.08 Å². The van der Waals surface area contributed by atoms with Crippen LogP contribution in [0.25, 0.3) is 6.08 Å². The average molecular weight is 394 g/mol. The smallest absolute Gasteiger partial charge is 0.339 e. The van der Waals surface area contributed by atoms with Gasteiger partial charge in [-0.1, -0.05) is 36.4 Å². The van der Waals surface area contributed by atoms with E-state index in [4.69, 9.17) is 4.74 Å². The molecule has 1 aliphatic rings. The van der Waals surface area contributed by atoms with Crippen LogP contribution in [0.2, 0.25) is 0 Å². The molecular weight excluding hydrogens is 368 g/mol. The molecule has 3 rings (SSSR count). The summed E-state index contributed by atoms with van der Waals surface area (Å²) in [6, 6.07) is 15.2. The van der Waals surface area contributed by atoms with Crippen LogP contribution in [0.4, 0.5) is 5.69 Å². The molecule has 6 heteroatoms. The first-order chi connectivity index (χ1) is 14.1. The van der Waals surface area contributed by atoms with E-state index in [2.05, 4.69) is 21.6 Å². The summed E-state index contributed by atoms with van der Waals surface area (Å²) < 4.78 is 10.2. The van der Waals surface area contributed by atoms with Crippen molar-refractivity contribution in [2.45, 2.75) is 6.61 Å². The van der Waals surface area contributed by atoms with Gasteiger partial charge in [0.05, 0.1) is 12.7 Å². The fraction of sp³-hybridized carbons (Fsp3) is 0.304. The molecule has 1 heterocycles. The first kappa shape index (κ1) is 20.6. The van der Waals surface area contributed by atoms with Gasteiger partial charge in [-0.05, 0) is 36.4 Å². The summed E-state index contributed by atoms with van der Waals surface area (Å²) in [6.07, 6.45) is 2.89. The number of hydrogen-bond acceptors (Lipinski definition) is 6. The number of ether oxygens (including phenoxy) is 2. The molecule has 1 aliphatic heterocycles. The summed E-state index contributed by atoms with van der Waals surface area (Å²) in [5.74, 6) is -0.897. The highest BCUT2D eigenvalue weighted by atomic mass is 16.5. The molecule has 2 aromatic carbocycles. The molecule has 152 valence electrons. The van der Waals surface area contributed by atoms with Gasteiger partial charge >= 0.3 is 11.9 Å². The molecule has 1 fully saturated rings. The molecule has 0 aromatic heterocycles. The van der Waals surface area contributed by atoms with Crippen LogP contribution in [0.1, 0.15) is 21.5 Å². The van der Waals surface area contributed by atoms with Crippen molar-refractivity contribution in [3.05, 3.63) is 71.3 Å². The van der Waals surface area contributed by atoms with Crippen molar-refractivity contribution in [2.75, 3.05) is 45.2 Å². The van der Waals surface area contributed by atoms with Crippen LogP contribution in [0, 0.1) is 0 Å². The second kappa shape index (κ2) is 9.89. The van der Waals surface area contributed by atoms with Gasteiger partial charge in [0.2, 0.25) is 0 Å². The molecule has 0 saturated carbocycles. The number of carbonyl (C=O) groups is 2. The number of hydrogen-bond donors (Lipinski definition) is 0. The third-order valence-electron chi connectivity index (χ3n) is 4.94. The third kappa shape index (κ3) is 5.68. The van der Waals surface area contributed by atoms with Gasteiger partial charge in [-0.25, -0.2) is 9.59 Å². The zero-order valence-electron chi connectivity index (χ0n) is 16.8. The monoisotopic (exact) mass is 394 g/mol. The molecule has 0 unspecified atom stereocenters. The van der Waals surface area contributed by atoms with Gasteiger partial charge in [-0.3, -0.25) is 0 Å². The minimum absolute atomic E-state index is 0.193. The van der Waals surface area contributed by atoms with Crippen molar-refractivity contribution in [3.63, 3.8) is 0 Å². The first-order valence-corrected chi connectivity index (χ1v) is 9.61. The van der Waals surface area contributed by atoms with E-state index in [0.29, 0.717) is 11.1 Å². The first-order valence-electron chi connectivity index (χ1n) is 9.61. The summed E-state index contributed by atoms with van der Waals surface area (Å²) in [7, 11) is 3.42. The number of benzene rings is 2. The Bertz CT molecular complexity index is 872. The highest BCUT2D eigenvalue weighted by Gasteiger charge is 2.18. The van der Waals surface area contributed by atoms with Crippen LogP contribution in [0.3, 0.4) is 0 Å². The molecule has 0 aliphatic carbocycles. The van der Waals surface area contributed by atoms with Gasteiger partial charge in [0.15, 0.2) is 0 Å². The maximum absolute atomic E-state index is 12.8. The van der Waals surface area contributed by atoms with Gasteiger partial charge in [0.25, 0.3) is 0 Å². The Morgan fingerprint density at radius 2 is 1.76 bits per heavy atom. The van der Waals surface area contributed by atoms with E-state index in [0.717, 1.165) is 37.4 Å². The van der Waals surface area contributed by atoms with Gasteiger partial charge in [0.1, 0.15) is 6.61 Å². The normalized spacial score (nSPS) is 14.8. The van der Waals surface area contributed by atoms with Crippen molar-refractivity contribution in [1.29, 1.82) is 0 Å². The van der Waals surface area contributed by atoms with Gasteiger partial charge < -0.3 is 19.3 Å². The minimum atomic E-state index is -0.475. The van der Waals surface area contributed by atoms with Gasteiger partial charge in [0, 0.05) is 37.9 Å². The quantitative estimate of drug-likeness (QED) is 0.555. The van der Waals surface area contributed by atoms with Crippen LogP contribution in [0.5, 0.6) is 0 Å². The lowest BCUT2D eigenvalue weighted by Crippen LogP contribution is -2.44. The molecule has 0 radical (unpaired) electrons. The van der Waals surface area contributed by atoms with Crippen molar-refractivity contribution in [1.82, 2.24) is 4.90 Å². The fourth-order valence-electron chi connectivity index (χ4n) is 3.15. The van der Waals surface area contributed by atoms with Gasteiger partial charge in [-0.2, -0.15) is 0 Å². The van der Waals surface area contributed by atoms with Crippen molar-refractivity contribution in [3.8, 4) is 0 Å². The minimum Gasteiger partial charge on any atom is -0.466 e. The Labute approximate surface area is 171 Å². The number of carbonyl (C=O) groups excluding carboxylic acids is 2. The van der Waals surface area contributed by atoms with Crippen LogP contribution in [0.15, 0.2) is 54.6 Å². The zero-order valence-corrected chi connectivity index (χ0v) is 16.8. The van der Waals surface area contributed by atoms with E-state index in [1.807, 2.05) is 48.5 Å². The lowest BCUT2D eigenvalue weighted by molar-refractivity contribution is -0.134. The van der Waals surface area contributed by atoms with Crippen molar-refractivity contribution >= 4 is 23.7 Å². The number of rotatable bonds is 6. The van der Waals surface area contributed by atoms with E-state index in [-0.39, 0.29) is 6.61 Å². The van der Waals surface area contributed by atoms with Crippen LogP contribution < -0.4 is 4.90 Å². The molecule has 0 bridgehead atoms. The van der Waals surface area contributed by atoms with E-state index < -0.39 is 11.9 Å².